The maximum atomic E-state index is 11.9. The van der Waals surface area contributed by atoms with Crippen molar-refractivity contribution in [1.82, 2.24) is 25.3 Å². The molecule has 0 unspecified atom stereocenters. The standard InChI is InChI=1S/C9H8N6O2S/c10-5-7-2-1-3-8(4-7)18(16,17)11-6-9-12-14-15-13-9/h1-4,11H,6H2,(H,12,13,14,15). The summed E-state index contributed by atoms with van der Waals surface area (Å²) in [7, 11) is -3.69. The van der Waals surface area contributed by atoms with Gasteiger partial charge in [-0.05, 0) is 18.2 Å². The van der Waals surface area contributed by atoms with Crippen molar-refractivity contribution < 1.29 is 8.42 Å². The first-order valence-electron chi connectivity index (χ1n) is 4.84. The fourth-order valence-electron chi connectivity index (χ4n) is 1.23. The first-order chi connectivity index (χ1) is 8.62. The van der Waals surface area contributed by atoms with E-state index in [1.807, 2.05) is 6.07 Å². The molecule has 1 aromatic heterocycles. The van der Waals surface area contributed by atoms with Crippen LogP contribution in [0.3, 0.4) is 0 Å². The Morgan fingerprint density at radius 2 is 2.28 bits per heavy atom. The molecule has 2 rings (SSSR count). The van der Waals surface area contributed by atoms with Crippen LogP contribution in [0.1, 0.15) is 11.4 Å². The minimum absolute atomic E-state index is 0.0186. The lowest BCUT2D eigenvalue weighted by atomic mass is 10.2. The molecular weight excluding hydrogens is 256 g/mol. The van der Waals surface area contributed by atoms with Crippen LogP contribution in [0.5, 0.6) is 0 Å². The Labute approximate surface area is 103 Å². The van der Waals surface area contributed by atoms with Crippen molar-refractivity contribution in [3.63, 3.8) is 0 Å². The summed E-state index contributed by atoms with van der Waals surface area (Å²) in [6.07, 6.45) is 0. The second-order valence-corrected chi connectivity index (χ2v) is 5.06. The van der Waals surface area contributed by atoms with Crippen LogP contribution in [-0.2, 0) is 16.6 Å². The van der Waals surface area contributed by atoms with E-state index in [2.05, 4.69) is 25.3 Å². The first kappa shape index (κ1) is 12.2. The number of hydrogen-bond acceptors (Lipinski definition) is 6. The van der Waals surface area contributed by atoms with Crippen molar-refractivity contribution in [2.75, 3.05) is 0 Å². The summed E-state index contributed by atoms with van der Waals surface area (Å²) in [5.74, 6) is 0.231. The van der Waals surface area contributed by atoms with Crippen LogP contribution in [0, 0.1) is 11.3 Å². The summed E-state index contributed by atoms with van der Waals surface area (Å²) < 4.78 is 26.1. The molecule has 2 N–H and O–H groups in total. The molecule has 0 atom stereocenters. The van der Waals surface area contributed by atoms with Crippen LogP contribution in [0.4, 0.5) is 0 Å². The third-order valence-corrected chi connectivity index (χ3v) is 3.48. The monoisotopic (exact) mass is 264 g/mol. The predicted octanol–water partition coefficient (Wildman–Crippen LogP) is -0.450. The lowest BCUT2D eigenvalue weighted by Crippen LogP contribution is -2.23. The quantitative estimate of drug-likeness (QED) is 0.770. The Hall–Kier alpha value is -2.31. The van der Waals surface area contributed by atoms with Gasteiger partial charge < -0.3 is 0 Å². The van der Waals surface area contributed by atoms with Crippen LogP contribution < -0.4 is 4.72 Å². The topological polar surface area (TPSA) is 124 Å². The highest BCUT2D eigenvalue weighted by Gasteiger charge is 2.15. The number of nitriles is 1. The third-order valence-electron chi connectivity index (χ3n) is 2.08. The van der Waals surface area contributed by atoms with E-state index in [9.17, 15) is 8.42 Å². The Bertz CT molecular complexity index is 673. The van der Waals surface area contributed by atoms with Crippen molar-refractivity contribution in [3.05, 3.63) is 35.7 Å². The summed E-state index contributed by atoms with van der Waals surface area (Å²) >= 11 is 0. The van der Waals surface area contributed by atoms with Gasteiger partial charge in [-0.25, -0.2) is 13.1 Å². The molecule has 2 aromatic rings. The molecule has 0 radical (unpaired) electrons. The zero-order chi connectivity index (χ0) is 13.0. The van der Waals surface area contributed by atoms with Gasteiger partial charge >= 0.3 is 0 Å². The molecule has 0 amide bonds. The van der Waals surface area contributed by atoms with E-state index < -0.39 is 10.0 Å². The Morgan fingerprint density at radius 1 is 1.44 bits per heavy atom. The second kappa shape index (κ2) is 4.91. The van der Waals surface area contributed by atoms with Crippen molar-refractivity contribution in [1.29, 1.82) is 5.26 Å². The number of tetrazole rings is 1. The summed E-state index contributed by atoms with van der Waals surface area (Å²) in [4.78, 5) is 0.0186. The first-order valence-corrected chi connectivity index (χ1v) is 6.32. The molecule has 0 fully saturated rings. The van der Waals surface area contributed by atoms with Gasteiger partial charge in [-0.2, -0.15) is 10.5 Å². The van der Waals surface area contributed by atoms with Crippen LogP contribution in [0.2, 0.25) is 0 Å². The highest BCUT2D eigenvalue weighted by atomic mass is 32.2. The molecule has 8 nitrogen and oxygen atoms in total. The zero-order valence-electron chi connectivity index (χ0n) is 9.03. The van der Waals surface area contributed by atoms with Gasteiger partial charge in [0.2, 0.25) is 10.0 Å². The number of sulfonamides is 1. The number of nitrogens with zero attached hydrogens (tertiary/aromatic N) is 4. The van der Waals surface area contributed by atoms with Crippen LogP contribution in [0.15, 0.2) is 29.2 Å². The lowest BCUT2D eigenvalue weighted by molar-refractivity contribution is 0.579. The molecule has 1 heterocycles. The number of aromatic nitrogens is 4. The van der Waals surface area contributed by atoms with E-state index >= 15 is 0 Å². The molecule has 0 bridgehead atoms. The van der Waals surface area contributed by atoms with Gasteiger partial charge in [0.05, 0.1) is 23.1 Å². The molecule has 0 spiro atoms. The van der Waals surface area contributed by atoms with Crippen molar-refractivity contribution >= 4 is 10.0 Å². The van der Waals surface area contributed by atoms with Gasteiger partial charge in [0.1, 0.15) is 0 Å². The summed E-state index contributed by atoms with van der Waals surface area (Å²) in [6.45, 7) is -0.0738. The number of H-pyrrole nitrogens is 1. The van der Waals surface area contributed by atoms with E-state index in [1.165, 1.54) is 24.3 Å². The molecule has 0 aliphatic carbocycles. The SMILES string of the molecule is N#Cc1cccc(S(=O)(=O)NCc2nn[nH]n2)c1. The molecule has 0 saturated carbocycles. The zero-order valence-corrected chi connectivity index (χ0v) is 9.85. The maximum Gasteiger partial charge on any atom is 0.241 e. The van der Waals surface area contributed by atoms with Crippen molar-refractivity contribution in [2.24, 2.45) is 0 Å². The van der Waals surface area contributed by atoms with E-state index in [0.717, 1.165) is 0 Å². The number of rotatable bonds is 4. The van der Waals surface area contributed by atoms with Gasteiger partial charge in [-0.1, -0.05) is 11.3 Å². The molecule has 0 aliphatic rings. The van der Waals surface area contributed by atoms with Gasteiger partial charge in [-0.3, -0.25) is 0 Å². The minimum Gasteiger partial charge on any atom is -0.207 e. The molecule has 18 heavy (non-hydrogen) atoms. The van der Waals surface area contributed by atoms with Gasteiger partial charge in [0.15, 0.2) is 5.82 Å². The average Bonchev–Trinajstić information content (AvgIpc) is 2.90. The fraction of sp³-hybridized carbons (Fsp3) is 0.111. The molecular formula is C9H8N6O2S. The highest BCUT2D eigenvalue weighted by molar-refractivity contribution is 7.89. The smallest absolute Gasteiger partial charge is 0.207 e. The molecule has 9 heteroatoms. The van der Waals surface area contributed by atoms with E-state index in [4.69, 9.17) is 5.26 Å². The summed E-state index contributed by atoms with van der Waals surface area (Å²) in [5, 5.41) is 21.5. The number of aromatic amines is 1. The lowest BCUT2D eigenvalue weighted by Gasteiger charge is -2.04. The number of hydrogen-bond donors (Lipinski definition) is 2. The molecule has 0 saturated heterocycles. The second-order valence-electron chi connectivity index (χ2n) is 3.29. The summed E-state index contributed by atoms with van der Waals surface area (Å²) in [6, 6.07) is 7.60. The van der Waals surface area contributed by atoms with Crippen molar-refractivity contribution in [2.45, 2.75) is 11.4 Å². The Morgan fingerprint density at radius 3 is 2.94 bits per heavy atom. The molecule has 1 aromatic carbocycles. The van der Waals surface area contributed by atoms with Crippen LogP contribution >= 0.6 is 0 Å². The van der Waals surface area contributed by atoms with E-state index in [0.29, 0.717) is 0 Å². The van der Waals surface area contributed by atoms with E-state index in [1.54, 1.807) is 0 Å². The molecule has 92 valence electrons. The van der Waals surface area contributed by atoms with Crippen LogP contribution in [0.25, 0.3) is 0 Å². The molecule has 0 aliphatic heterocycles. The predicted molar refractivity (Wildman–Crippen MR) is 59.4 cm³/mol. The van der Waals surface area contributed by atoms with Gasteiger partial charge in [0, 0.05) is 0 Å². The average molecular weight is 264 g/mol. The number of benzene rings is 1. The minimum atomic E-state index is -3.69. The Kier molecular flexibility index (Phi) is 3.31. The number of nitrogens with one attached hydrogen (secondary N) is 2. The fourth-order valence-corrected chi connectivity index (χ4v) is 2.26. The van der Waals surface area contributed by atoms with E-state index in [-0.39, 0.29) is 22.8 Å². The van der Waals surface area contributed by atoms with Crippen molar-refractivity contribution in [3.8, 4) is 6.07 Å². The third kappa shape index (κ3) is 2.68. The summed E-state index contributed by atoms with van der Waals surface area (Å²) in [5.41, 5.74) is 0.275. The highest BCUT2D eigenvalue weighted by Crippen LogP contribution is 2.10. The maximum absolute atomic E-state index is 11.9. The Balaban J connectivity index is 2.18. The normalized spacial score (nSPS) is 11.1. The largest absolute Gasteiger partial charge is 0.241 e. The van der Waals surface area contributed by atoms with Gasteiger partial charge in [0.25, 0.3) is 0 Å². The van der Waals surface area contributed by atoms with Gasteiger partial charge in [-0.15, -0.1) is 10.2 Å². The van der Waals surface area contributed by atoms with Crippen LogP contribution in [-0.4, -0.2) is 29.0 Å².